The van der Waals surface area contributed by atoms with Crippen molar-refractivity contribution in [2.75, 3.05) is 18.6 Å². The molecule has 14 nitrogen and oxygen atoms in total. The van der Waals surface area contributed by atoms with Crippen LogP contribution in [0.15, 0.2) is 51.6 Å². The maximum atomic E-state index is 13.3. The molecule has 0 bridgehead atoms. The van der Waals surface area contributed by atoms with E-state index in [1.54, 1.807) is 10.9 Å². The van der Waals surface area contributed by atoms with E-state index >= 15 is 0 Å². The summed E-state index contributed by atoms with van der Waals surface area (Å²) in [6, 6.07) is -0.919. The van der Waals surface area contributed by atoms with Crippen LogP contribution in [0.25, 0.3) is 0 Å². The number of nitrogens with one attached hydrogen (secondary N) is 1. The van der Waals surface area contributed by atoms with Crippen LogP contribution in [0.4, 0.5) is 0 Å². The lowest BCUT2D eigenvalue weighted by molar-refractivity contribution is -0.153. The number of amides is 2. The highest BCUT2D eigenvalue weighted by Crippen LogP contribution is 2.42. The first kappa shape index (κ1) is 27.1. The second-order valence-corrected chi connectivity index (χ2v) is 11.6. The van der Waals surface area contributed by atoms with Crippen molar-refractivity contribution in [2.24, 2.45) is 5.16 Å². The van der Waals surface area contributed by atoms with Gasteiger partial charge in [-0.2, -0.15) is 4.37 Å². The molecule has 0 saturated carbocycles. The number of esters is 1. The van der Waals surface area contributed by atoms with Crippen LogP contribution in [-0.4, -0.2) is 72.8 Å². The van der Waals surface area contributed by atoms with Gasteiger partial charge in [0.15, 0.2) is 28.2 Å². The molecule has 2 aliphatic heterocycles. The van der Waals surface area contributed by atoms with E-state index in [4.69, 9.17) is 18.4 Å². The van der Waals surface area contributed by atoms with Crippen molar-refractivity contribution in [1.82, 2.24) is 24.6 Å². The maximum absolute atomic E-state index is 13.3. The van der Waals surface area contributed by atoms with E-state index in [1.165, 1.54) is 71.7 Å². The van der Waals surface area contributed by atoms with Crippen molar-refractivity contribution in [1.29, 1.82) is 0 Å². The van der Waals surface area contributed by atoms with Crippen molar-refractivity contribution in [3.63, 3.8) is 0 Å². The molecular formula is C21H18N6O8S4. The second-order valence-electron chi connectivity index (χ2n) is 7.81. The Morgan fingerprint density at radius 1 is 1.31 bits per heavy atom. The summed E-state index contributed by atoms with van der Waals surface area (Å²) in [5, 5.41) is 7.50. The first-order chi connectivity index (χ1) is 18.9. The first-order valence-corrected chi connectivity index (χ1v) is 14.8. The molecule has 5 heterocycles. The highest BCUT2D eigenvalue weighted by molar-refractivity contribution is 8.01. The van der Waals surface area contributed by atoms with Crippen molar-refractivity contribution < 1.29 is 32.8 Å². The van der Waals surface area contributed by atoms with Crippen LogP contribution in [0.5, 0.6) is 0 Å². The Bertz CT molecular complexity index is 1500. The summed E-state index contributed by atoms with van der Waals surface area (Å²) in [7, 11) is 1.30. The fourth-order valence-corrected chi connectivity index (χ4v) is 7.16. The highest BCUT2D eigenvalue weighted by Gasteiger charge is 2.54. The van der Waals surface area contributed by atoms with E-state index in [0.29, 0.717) is 27.1 Å². The lowest BCUT2D eigenvalue weighted by Gasteiger charge is -2.49. The number of thiazole rings is 1. The average Bonchev–Trinajstić information content (AvgIpc) is 3.70. The molecular weight excluding hydrogens is 593 g/mol. The van der Waals surface area contributed by atoms with Crippen molar-refractivity contribution >= 4 is 69.9 Å². The molecule has 2 amide bonds. The number of aromatic nitrogens is 3. The van der Waals surface area contributed by atoms with E-state index in [9.17, 15) is 19.2 Å². The first-order valence-electron chi connectivity index (χ1n) is 11.0. The number of fused-ring (bicyclic) bond motifs is 1. The molecule has 204 valence electrons. The summed E-state index contributed by atoms with van der Waals surface area (Å²) in [6.07, 6.45) is 1.43. The van der Waals surface area contributed by atoms with E-state index in [0.717, 1.165) is 0 Å². The summed E-state index contributed by atoms with van der Waals surface area (Å²) < 4.78 is 19.8. The molecule has 1 N–H and O–H groups in total. The molecule has 1 fully saturated rings. The number of hydrogen-bond acceptors (Lipinski definition) is 16. The van der Waals surface area contributed by atoms with E-state index in [2.05, 4.69) is 24.8 Å². The monoisotopic (exact) mass is 610 g/mol. The van der Waals surface area contributed by atoms with Gasteiger partial charge < -0.3 is 23.7 Å². The number of β-lactam (4-membered cyclic amide) rings is 1. The molecule has 5 rings (SSSR count). The number of ether oxygens (including phenoxy) is 1. The van der Waals surface area contributed by atoms with Gasteiger partial charge in [0.25, 0.3) is 11.8 Å². The molecule has 0 aliphatic carbocycles. The molecule has 2 aliphatic rings. The fraction of sp³-hybridized carbons (Fsp3) is 0.333. The van der Waals surface area contributed by atoms with Gasteiger partial charge in [-0.05, 0) is 24.0 Å². The SMILES string of the molecule is CO/N=C(\C(=O)NC1C(=O)N2C(C(=O)OCc3oc(=O)oc3C)=C(CSc3ncns3)CS[C@@H]12)c1cscn1. The zero-order valence-corrected chi connectivity index (χ0v) is 23.4. The van der Waals surface area contributed by atoms with Gasteiger partial charge in [0.2, 0.25) is 0 Å². The van der Waals surface area contributed by atoms with Gasteiger partial charge in [0.1, 0.15) is 36.2 Å². The van der Waals surface area contributed by atoms with Crippen LogP contribution in [0.2, 0.25) is 0 Å². The number of thioether (sulfide) groups is 2. The summed E-state index contributed by atoms with van der Waals surface area (Å²) in [6.45, 7) is 1.14. The van der Waals surface area contributed by atoms with Crippen LogP contribution >= 0.6 is 46.4 Å². The van der Waals surface area contributed by atoms with E-state index in [1.807, 2.05) is 0 Å². The van der Waals surface area contributed by atoms with Crippen molar-refractivity contribution in [2.45, 2.75) is 29.3 Å². The minimum absolute atomic E-state index is 0.0625. The molecule has 3 aromatic rings. The standard InChI is InChI=1S/C21H18N6O8S4/c1-9-12(35-21(31)34-9)3-33-19(30)15-10(5-38-20-22-7-24-39-20)4-37-18-14(17(29)27(15)18)25-16(28)13(26-32-2)11-6-36-8-23-11/h6-8,14,18H,3-5H2,1-2H3,(H,25,28)/b26-13-/t14?,18-/m0/s1. The van der Waals surface area contributed by atoms with Gasteiger partial charge in [-0.25, -0.2) is 19.6 Å². The molecule has 1 saturated heterocycles. The van der Waals surface area contributed by atoms with Gasteiger partial charge in [0, 0.05) is 16.9 Å². The average molecular weight is 611 g/mol. The van der Waals surface area contributed by atoms with E-state index < -0.39 is 35.0 Å². The molecule has 2 atom stereocenters. The Labute approximate surface area is 236 Å². The van der Waals surface area contributed by atoms with Crippen LogP contribution in [-0.2, 0) is 30.6 Å². The number of oxime groups is 1. The summed E-state index contributed by atoms with van der Waals surface area (Å²) >= 11 is 5.25. The minimum atomic E-state index is -0.919. The Morgan fingerprint density at radius 3 is 2.82 bits per heavy atom. The van der Waals surface area contributed by atoms with E-state index in [-0.39, 0.29) is 29.5 Å². The number of aryl methyl sites for hydroxylation is 1. The van der Waals surface area contributed by atoms with Gasteiger partial charge in [-0.1, -0.05) is 16.9 Å². The third-order valence-corrected chi connectivity index (χ3v) is 9.29. The quantitative estimate of drug-likeness (QED) is 0.115. The van der Waals surface area contributed by atoms with Gasteiger partial charge in [0.05, 0.1) is 5.51 Å². The Kier molecular flexibility index (Phi) is 8.15. The third-order valence-electron chi connectivity index (χ3n) is 5.48. The van der Waals surface area contributed by atoms with Gasteiger partial charge in [-0.15, -0.1) is 23.1 Å². The zero-order chi connectivity index (χ0) is 27.5. The van der Waals surface area contributed by atoms with Crippen LogP contribution < -0.4 is 11.1 Å². The van der Waals surface area contributed by atoms with Crippen LogP contribution in [0, 0.1) is 6.92 Å². The number of rotatable bonds is 10. The molecule has 39 heavy (non-hydrogen) atoms. The predicted octanol–water partition coefficient (Wildman–Crippen LogP) is 1.39. The molecule has 3 aromatic heterocycles. The molecule has 18 heteroatoms. The highest BCUT2D eigenvalue weighted by atomic mass is 32.2. The maximum Gasteiger partial charge on any atom is 0.519 e. The smallest absolute Gasteiger partial charge is 0.453 e. The fourth-order valence-electron chi connectivity index (χ4n) is 3.70. The van der Waals surface area contributed by atoms with Crippen molar-refractivity contribution in [3.05, 3.63) is 56.3 Å². The van der Waals surface area contributed by atoms with Crippen LogP contribution in [0.1, 0.15) is 17.2 Å². The molecule has 1 unspecified atom stereocenters. The Hall–Kier alpha value is -3.48. The molecule has 0 aromatic carbocycles. The van der Waals surface area contributed by atoms with Gasteiger partial charge >= 0.3 is 11.8 Å². The summed E-state index contributed by atoms with van der Waals surface area (Å²) in [5.41, 5.74) is 2.49. The normalized spacial score (nSPS) is 19.0. The number of hydrogen-bond donors (Lipinski definition) is 1. The number of carbonyl (C=O) groups is 3. The molecule has 0 spiro atoms. The topological polar surface area (TPSA) is 179 Å². The van der Waals surface area contributed by atoms with Crippen LogP contribution in [0.3, 0.4) is 0 Å². The number of nitrogens with zero attached hydrogens (tertiary/aromatic N) is 5. The largest absolute Gasteiger partial charge is 0.519 e. The second kappa shape index (κ2) is 11.7. The number of carbonyl (C=O) groups excluding carboxylic acids is 3. The Balaban J connectivity index is 1.35. The summed E-state index contributed by atoms with van der Waals surface area (Å²) in [4.78, 5) is 65.2. The Morgan fingerprint density at radius 2 is 2.15 bits per heavy atom. The zero-order valence-electron chi connectivity index (χ0n) is 20.1. The predicted molar refractivity (Wildman–Crippen MR) is 140 cm³/mol. The summed E-state index contributed by atoms with van der Waals surface area (Å²) in [5.74, 6) is -1.83. The molecule has 0 radical (unpaired) electrons. The van der Waals surface area contributed by atoms with Crippen molar-refractivity contribution in [3.8, 4) is 0 Å². The minimum Gasteiger partial charge on any atom is -0.453 e. The van der Waals surface area contributed by atoms with Gasteiger partial charge in [-0.3, -0.25) is 14.5 Å². The lowest BCUT2D eigenvalue weighted by atomic mass is 10.0. The lowest BCUT2D eigenvalue weighted by Crippen LogP contribution is -2.71. The third kappa shape index (κ3) is 5.63.